The van der Waals surface area contributed by atoms with Crippen molar-refractivity contribution < 1.29 is 4.42 Å². The van der Waals surface area contributed by atoms with E-state index in [0.717, 1.165) is 50.2 Å². The third kappa shape index (κ3) is 5.22. The van der Waals surface area contributed by atoms with Gasteiger partial charge in [0.05, 0.1) is 11.0 Å². The first-order chi connectivity index (χ1) is 28.2. The highest BCUT2D eigenvalue weighted by Gasteiger charge is 2.26. The van der Waals surface area contributed by atoms with E-state index in [-0.39, 0.29) is 12.3 Å². The van der Waals surface area contributed by atoms with Gasteiger partial charge >= 0.3 is 0 Å². The molecule has 57 heavy (non-hydrogen) atoms. The Kier molecular flexibility index (Phi) is 7.24. The minimum absolute atomic E-state index is 0.0815. The van der Waals surface area contributed by atoms with Crippen LogP contribution in [0.25, 0.3) is 80.7 Å². The quantitative estimate of drug-likeness (QED) is 0.184. The number of thiophene rings is 1. The molecular formula is C51H34N4OS. The second-order valence-corrected chi connectivity index (χ2v) is 15.9. The summed E-state index contributed by atoms with van der Waals surface area (Å²) in [7, 11) is 0. The zero-order valence-electron chi connectivity index (χ0n) is 30.7. The highest BCUT2D eigenvalue weighted by molar-refractivity contribution is 7.26. The molecule has 1 aliphatic heterocycles. The number of aliphatic imine (C=N–C) groups is 1. The van der Waals surface area contributed by atoms with E-state index in [1.54, 1.807) is 0 Å². The van der Waals surface area contributed by atoms with Crippen molar-refractivity contribution in [3.05, 3.63) is 199 Å². The second-order valence-electron chi connectivity index (χ2n) is 14.8. The Bertz CT molecular complexity index is 3320. The summed E-state index contributed by atoms with van der Waals surface area (Å²) in [5.41, 5.74) is 11.0. The first-order valence-corrected chi connectivity index (χ1v) is 20.2. The minimum Gasteiger partial charge on any atom is -0.456 e. The van der Waals surface area contributed by atoms with Crippen LogP contribution in [0.5, 0.6) is 0 Å². The van der Waals surface area contributed by atoms with Gasteiger partial charge in [0.2, 0.25) is 0 Å². The van der Waals surface area contributed by atoms with E-state index in [2.05, 4.69) is 191 Å². The van der Waals surface area contributed by atoms with Crippen LogP contribution in [0.1, 0.15) is 29.0 Å². The Hall–Kier alpha value is -6.99. The average molecular weight is 751 g/mol. The normalized spacial score (nSPS) is 15.9. The van der Waals surface area contributed by atoms with Crippen molar-refractivity contribution in [3.63, 3.8) is 0 Å². The number of nitrogens with zero attached hydrogens (tertiary/aromatic N) is 2. The number of rotatable bonds is 5. The van der Waals surface area contributed by atoms with Crippen LogP contribution in [0.4, 0.5) is 0 Å². The van der Waals surface area contributed by atoms with Crippen molar-refractivity contribution in [1.29, 1.82) is 0 Å². The summed E-state index contributed by atoms with van der Waals surface area (Å²) in [5, 5.41) is 14.7. The molecule has 5 nitrogen and oxygen atoms in total. The molecule has 0 saturated carbocycles. The fourth-order valence-electron chi connectivity index (χ4n) is 8.82. The maximum atomic E-state index is 6.58. The van der Waals surface area contributed by atoms with Gasteiger partial charge in [0.15, 0.2) is 0 Å². The van der Waals surface area contributed by atoms with Crippen LogP contribution >= 0.6 is 11.3 Å². The van der Waals surface area contributed by atoms with Crippen LogP contribution in [-0.4, -0.2) is 10.4 Å². The molecule has 1 aliphatic rings. The molecule has 0 aliphatic carbocycles. The van der Waals surface area contributed by atoms with E-state index < -0.39 is 0 Å². The number of para-hydroxylation sites is 2. The molecule has 270 valence electrons. The van der Waals surface area contributed by atoms with Crippen molar-refractivity contribution in [3.8, 4) is 16.8 Å². The first kappa shape index (κ1) is 32.3. The van der Waals surface area contributed by atoms with Gasteiger partial charge in [0.1, 0.15) is 29.3 Å². The van der Waals surface area contributed by atoms with E-state index in [1.807, 2.05) is 17.4 Å². The number of fused-ring (bicyclic) bond motifs is 9. The first-order valence-electron chi connectivity index (χ1n) is 19.3. The molecule has 11 aromatic rings. The summed E-state index contributed by atoms with van der Waals surface area (Å²) in [6.07, 6.45) is -0.257. The molecule has 4 heterocycles. The number of amidine groups is 1. The van der Waals surface area contributed by atoms with E-state index in [1.165, 1.54) is 53.1 Å². The lowest BCUT2D eigenvalue weighted by atomic mass is 9.98. The second kappa shape index (κ2) is 12.8. The molecule has 3 aromatic heterocycles. The van der Waals surface area contributed by atoms with Crippen molar-refractivity contribution in [2.24, 2.45) is 4.99 Å². The van der Waals surface area contributed by atoms with Crippen LogP contribution in [-0.2, 0) is 0 Å². The lowest BCUT2D eigenvalue weighted by Gasteiger charge is -2.32. The van der Waals surface area contributed by atoms with Gasteiger partial charge in [-0.1, -0.05) is 127 Å². The Morgan fingerprint density at radius 1 is 0.509 bits per heavy atom. The van der Waals surface area contributed by atoms with E-state index in [0.29, 0.717) is 0 Å². The summed E-state index contributed by atoms with van der Waals surface area (Å²) >= 11 is 1.83. The topological polar surface area (TPSA) is 54.5 Å². The van der Waals surface area contributed by atoms with Gasteiger partial charge < -0.3 is 14.3 Å². The number of nitrogens with one attached hydrogen (secondary N) is 2. The monoisotopic (exact) mass is 750 g/mol. The van der Waals surface area contributed by atoms with Crippen LogP contribution in [0.2, 0.25) is 0 Å². The standard InChI is InChI=1S/C51H34N4OS/c1-3-12-31(13-4-1)49-52-50(32-14-5-2-6-15-32)54-51(53-49)34-23-26-40-47(29-34)57-46-21-11-18-36(48(40)46)33-22-25-39-41-30-35(24-27-44(41)56-45(39)28-33)55-42-19-9-7-16-37(42)38-17-8-10-20-43(38)55/h1-30,49-50,52H,(H,53,54). The van der Waals surface area contributed by atoms with E-state index >= 15 is 0 Å². The molecule has 8 aromatic carbocycles. The van der Waals surface area contributed by atoms with Gasteiger partial charge in [0, 0.05) is 53.0 Å². The molecule has 0 saturated heterocycles. The van der Waals surface area contributed by atoms with Crippen molar-refractivity contribution in [1.82, 2.24) is 15.2 Å². The summed E-state index contributed by atoms with van der Waals surface area (Å²) in [6, 6.07) is 64.9. The lowest BCUT2D eigenvalue weighted by Crippen LogP contribution is -2.44. The lowest BCUT2D eigenvalue weighted by molar-refractivity contribution is 0.409. The zero-order valence-corrected chi connectivity index (χ0v) is 31.5. The molecule has 6 heteroatoms. The molecule has 2 N–H and O–H groups in total. The minimum atomic E-state index is -0.175. The highest BCUT2D eigenvalue weighted by Crippen LogP contribution is 2.42. The van der Waals surface area contributed by atoms with Crippen molar-refractivity contribution in [2.75, 3.05) is 0 Å². The van der Waals surface area contributed by atoms with Crippen LogP contribution in [0, 0.1) is 0 Å². The van der Waals surface area contributed by atoms with Gasteiger partial charge in [-0.25, -0.2) is 4.99 Å². The predicted octanol–water partition coefficient (Wildman–Crippen LogP) is 13.1. The van der Waals surface area contributed by atoms with Gasteiger partial charge in [-0.05, 0) is 76.9 Å². The number of aromatic nitrogens is 1. The predicted molar refractivity (Wildman–Crippen MR) is 238 cm³/mol. The highest BCUT2D eigenvalue weighted by atomic mass is 32.1. The molecule has 0 spiro atoms. The van der Waals surface area contributed by atoms with Gasteiger partial charge in [-0.3, -0.25) is 5.32 Å². The molecule has 0 amide bonds. The number of hydrogen-bond donors (Lipinski definition) is 2. The molecule has 0 bridgehead atoms. The summed E-state index contributed by atoms with van der Waals surface area (Å²) in [4.78, 5) is 5.20. The molecule has 0 radical (unpaired) electrons. The SMILES string of the molecule is c1ccc(C2N=C(c3ccc4c(c3)sc3cccc(-c5ccc6c(c5)oc5ccc(-n7c8ccccc8c8ccccc87)cc56)c34)NC(c3ccccc3)N2)cc1. The molecule has 12 rings (SSSR count). The number of hydrogen-bond acceptors (Lipinski definition) is 5. The Labute approximate surface area is 332 Å². The van der Waals surface area contributed by atoms with Gasteiger partial charge in [-0.2, -0.15) is 0 Å². The average Bonchev–Trinajstić information content (AvgIpc) is 3.95. The maximum Gasteiger partial charge on any atom is 0.136 e. The molecule has 2 unspecified atom stereocenters. The fraction of sp³-hybridized carbons (Fsp3) is 0.0392. The smallest absolute Gasteiger partial charge is 0.136 e. The maximum absolute atomic E-state index is 6.58. The van der Waals surface area contributed by atoms with E-state index in [4.69, 9.17) is 9.41 Å². The van der Waals surface area contributed by atoms with E-state index in [9.17, 15) is 0 Å². The largest absolute Gasteiger partial charge is 0.456 e. The fourth-order valence-corrected chi connectivity index (χ4v) is 9.99. The zero-order chi connectivity index (χ0) is 37.5. The third-order valence-electron chi connectivity index (χ3n) is 11.5. The summed E-state index contributed by atoms with van der Waals surface area (Å²) in [5.74, 6) is 0.882. The molecule has 2 atom stereocenters. The summed E-state index contributed by atoms with van der Waals surface area (Å²) < 4.78 is 11.4. The Morgan fingerprint density at radius 3 is 2.00 bits per heavy atom. The Balaban J connectivity index is 0.937. The number of furan rings is 1. The van der Waals surface area contributed by atoms with Gasteiger partial charge in [0.25, 0.3) is 0 Å². The summed E-state index contributed by atoms with van der Waals surface area (Å²) in [6.45, 7) is 0. The third-order valence-corrected chi connectivity index (χ3v) is 12.6. The molecular weight excluding hydrogens is 717 g/mol. The van der Waals surface area contributed by atoms with Crippen molar-refractivity contribution >= 4 is 81.1 Å². The van der Waals surface area contributed by atoms with Crippen LogP contribution in [0.3, 0.4) is 0 Å². The van der Waals surface area contributed by atoms with Crippen molar-refractivity contribution in [2.45, 2.75) is 12.3 Å². The Morgan fingerprint density at radius 2 is 1.21 bits per heavy atom. The number of benzene rings is 8. The molecule has 0 fully saturated rings. The van der Waals surface area contributed by atoms with Crippen LogP contribution in [0.15, 0.2) is 191 Å². The van der Waals surface area contributed by atoms with Crippen LogP contribution < -0.4 is 10.6 Å². The van der Waals surface area contributed by atoms with Gasteiger partial charge in [-0.15, -0.1) is 11.3 Å².